The van der Waals surface area contributed by atoms with Crippen molar-refractivity contribution in [2.24, 2.45) is 16.5 Å². The summed E-state index contributed by atoms with van der Waals surface area (Å²) < 4.78 is 46.8. The molecule has 0 aliphatic carbocycles. The maximum Gasteiger partial charge on any atom is 0.305 e. The largest absolute Gasteiger partial charge is 0.481 e. The summed E-state index contributed by atoms with van der Waals surface area (Å²) >= 11 is 0.934. The van der Waals surface area contributed by atoms with Crippen LogP contribution in [0.4, 0.5) is 11.4 Å². The van der Waals surface area contributed by atoms with Gasteiger partial charge in [-0.25, -0.2) is 0 Å². The summed E-state index contributed by atoms with van der Waals surface area (Å²) in [5, 5.41) is 36.4. The second kappa shape index (κ2) is 44.2. The zero-order valence-corrected chi connectivity index (χ0v) is 67.2. The number of carbonyl (C=O) groups is 11. The Labute approximate surface area is 665 Å². The summed E-state index contributed by atoms with van der Waals surface area (Å²) in [7, 11) is -1.02. The molecule has 4 heterocycles. The number of carboxylic acids is 1. The van der Waals surface area contributed by atoms with Crippen LogP contribution in [0.15, 0.2) is 119 Å². The summed E-state index contributed by atoms with van der Waals surface area (Å²) in [6.45, 7) is 11.8. The Morgan fingerprint density at radius 2 is 1.34 bits per heavy atom. The van der Waals surface area contributed by atoms with Crippen LogP contribution in [0.2, 0.25) is 0 Å². The number of carboxylic acid groups (broad SMARTS) is 1. The maximum atomic E-state index is 14.8. The Morgan fingerprint density at radius 1 is 0.679 bits per heavy atom. The van der Waals surface area contributed by atoms with Crippen LogP contribution in [-0.4, -0.2) is 231 Å². The quantitative estimate of drug-likeness (QED) is 0.00835. The van der Waals surface area contributed by atoms with Crippen molar-refractivity contribution in [3.8, 4) is 0 Å². The molecule has 0 spiro atoms. The van der Waals surface area contributed by atoms with E-state index in [4.69, 9.17) is 20.9 Å². The summed E-state index contributed by atoms with van der Waals surface area (Å²) in [5.74, 6) is -11.1. The van der Waals surface area contributed by atoms with Gasteiger partial charge in [0, 0.05) is 104 Å². The van der Waals surface area contributed by atoms with Crippen LogP contribution in [0, 0.1) is 0 Å². The fourth-order valence-electron chi connectivity index (χ4n) is 13.2. The van der Waals surface area contributed by atoms with E-state index >= 15 is 0 Å². The number of benzene rings is 3. The van der Waals surface area contributed by atoms with Crippen LogP contribution in [0.3, 0.4) is 0 Å². The number of unbranched alkanes of at least 4 members (excludes halogenated alkanes) is 3. The van der Waals surface area contributed by atoms with Gasteiger partial charge in [-0.1, -0.05) is 102 Å². The number of likely N-dealkylation sites (N-methyl/N-ethyl adjacent to an activating group) is 1. The Balaban J connectivity index is 1.07. The molecule has 32 nitrogen and oxygen atoms in total. The number of thioether (sulfide) groups is 1. The molecule has 16 N–H and O–H groups in total. The average Bonchev–Trinajstić information content (AvgIpc) is 1.60. The minimum Gasteiger partial charge on any atom is -0.481 e. The Morgan fingerprint density at radius 3 is 2.03 bits per heavy atom. The van der Waals surface area contributed by atoms with Crippen molar-refractivity contribution < 1.29 is 84.9 Å². The lowest BCUT2D eigenvalue weighted by Crippen LogP contribution is -2.60. The van der Waals surface area contributed by atoms with Crippen LogP contribution in [0.1, 0.15) is 116 Å². The van der Waals surface area contributed by atoms with Crippen molar-refractivity contribution in [1.82, 2.24) is 53.2 Å². The third-order valence-corrected chi connectivity index (χ3v) is 23.4. The van der Waals surface area contributed by atoms with Crippen molar-refractivity contribution in [1.29, 1.82) is 0 Å². The lowest BCUT2D eigenvalue weighted by atomic mass is 9.81. The van der Waals surface area contributed by atoms with Gasteiger partial charge in [0.2, 0.25) is 64.8 Å². The van der Waals surface area contributed by atoms with E-state index in [1.807, 2.05) is 57.2 Å². The van der Waals surface area contributed by atoms with Gasteiger partial charge < -0.3 is 84.1 Å². The zero-order chi connectivity index (χ0) is 81.5. The van der Waals surface area contributed by atoms with Gasteiger partial charge in [-0.3, -0.25) is 62.3 Å². The van der Waals surface area contributed by atoms with E-state index in [0.717, 1.165) is 74.5 Å². The number of hydrogen-bond acceptors (Lipinski definition) is 20. The lowest BCUT2D eigenvalue weighted by Gasteiger charge is -2.27. The number of amides is 10. The molecular formula is C76H106N15O17S4+. The number of allylic oxidation sites excluding steroid dienone is 6. The van der Waals surface area contributed by atoms with Crippen LogP contribution in [0.5, 0.6) is 0 Å². The molecule has 112 heavy (non-hydrogen) atoms. The molecule has 0 aromatic heterocycles. The number of rotatable bonds is 31. The molecule has 0 unspecified atom stereocenters. The van der Waals surface area contributed by atoms with E-state index in [-0.39, 0.29) is 123 Å². The normalized spacial score (nSPS) is 22.0. The van der Waals surface area contributed by atoms with Crippen LogP contribution in [0.25, 0.3) is 0 Å². The van der Waals surface area contributed by atoms with Crippen molar-refractivity contribution in [3.63, 3.8) is 0 Å². The predicted octanol–water partition coefficient (Wildman–Crippen LogP) is 2.17. The molecule has 2 saturated heterocycles. The first-order chi connectivity index (χ1) is 53.4. The number of aliphatic carboxylic acids is 1. The van der Waals surface area contributed by atoms with Gasteiger partial charge in [-0.2, -0.15) is 13.0 Å². The SMILES string of the molecule is CCN1C(=CC=CC=CC2=[N+](CCCCCC(=O)NCCCC[C@@H]3NC(=O)CSC[C@@H](C(=O)NCCOCCOC)NC(=O)[C@H](Cc4ccccc4)NC(=O)[C@@H]4CSSC[C@H](NC3=O)C(=O)N[C@@H](CCCN=C(N)N)C(=O)NCC(=O)N[C@@H](CC(=O)O)C(=O)N4)c3ccccc3C2(C)C)C(C)(C)c2cc(S(=O)(=O)O)ccc21. The number of para-hydroxylation sites is 1. The predicted molar refractivity (Wildman–Crippen MR) is 430 cm³/mol. The molecule has 0 saturated carbocycles. The Hall–Kier alpha value is -9.33. The fourth-order valence-corrected chi connectivity index (χ4v) is 16.9. The maximum absolute atomic E-state index is 14.8. The molecule has 36 heteroatoms. The second-order valence-electron chi connectivity index (χ2n) is 28.1. The number of aliphatic imine (C=N–C) groups is 1. The third kappa shape index (κ3) is 27.2. The van der Waals surface area contributed by atoms with E-state index < -0.39 is 130 Å². The first-order valence-corrected chi connectivity index (χ1v) is 42.3. The molecule has 4 aliphatic rings. The highest BCUT2D eigenvalue weighted by molar-refractivity contribution is 8.76. The van der Waals surface area contributed by atoms with Gasteiger partial charge >= 0.3 is 5.97 Å². The van der Waals surface area contributed by atoms with Gasteiger partial charge in [0.15, 0.2) is 11.7 Å². The Bertz CT molecular complexity index is 4120. The molecule has 0 radical (unpaired) electrons. The van der Waals surface area contributed by atoms with Crippen LogP contribution < -0.4 is 69.5 Å². The summed E-state index contributed by atoms with van der Waals surface area (Å²) in [5.41, 5.74) is 16.8. The van der Waals surface area contributed by atoms with Crippen LogP contribution in [-0.2, 0) is 89.6 Å². The first kappa shape index (κ1) is 89.9. The third-order valence-electron chi connectivity index (χ3n) is 19.1. The molecule has 610 valence electrons. The monoisotopic (exact) mass is 1630 g/mol. The highest BCUT2D eigenvalue weighted by atomic mass is 33.1. The fraction of sp³-hybridized carbons (Fsp3) is 0.513. The topological polar surface area (TPSA) is 472 Å². The standard InChI is InChI=1S/C76H105N15O17S4/c1-7-90-60-32-31-49(112(104,105)106)41-51(60)76(4,5)61(90)28-13-9-14-29-62-75(2,3)50-24-16-17-27-59(50)91(62)36-20-10-15-30-63(92)79-33-19-18-25-53-69(99)88-57-45-110-111-46-58(89-71(101)55(42-66(95)96)84-64(93)43-82-67(97)52(85-72(57)102)26-21-34-81-74(77)78)73(103)86-54(40-48-22-11-8-12-23-48)70(100)87-56(44-109-47-65(94)83-53)68(98)80-35-37-108-39-38-107-6/h8-9,11-14,16-17,22-24,27-29,31-32,41,52-58H,7,10,15,18-21,25-26,30,33-40,42-47H2,1-6H3,(H15-,77,78,79,80,81,82,83,84,85,86,87,88,89,92,93,94,95,96,97,98,99,100,101,102,103,104,105,106)/p+1/t52-,53-,54-,55-,56-,57-,58-/m0/s1. The molecule has 10 amide bonds. The minimum absolute atomic E-state index is 0.00132. The highest BCUT2D eigenvalue weighted by Gasteiger charge is 2.45. The summed E-state index contributed by atoms with van der Waals surface area (Å²) in [4.78, 5) is 160. The zero-order valence-electron chi connectivity index (χ0n) is 64.0. The first-order valence-electron chi connectivity index (χ1n) is 37.3. The lowest BCUT2D eigenvalue weighted by molar-refractivity contribution is -0.438. The van der Waals surface area contributed by atoms with E-state index in [9.17, 15) is 70.8 Å². The minimum atomic E-state index is -4.39. The number of methoxy groups -OCH3 is 1. The van der Waals surface area contributed by atoms with Gasteiger partial charge in [0.1, 0.15) is 48.8 Å². The molecule has 7 atom stereocenters. The van der Waals surface area contributed by atoms with Gasteiger partial charge in [0.05, 0.1) is 48.8 Å². The number of nitrogens with two attached hydrogens (primary N) is 2. The molecule has 7 rings (SSSR count). The van der Waals surface area contributed by atoms with Gasteiger partial charge in [-0.15, -0.1) is 11.8 Å². The van der Waals surface area contributed by atoms with Crippen LogP contribution >= 0.6 is 33.3 Å². The molecule has 3 aromatic rings. The number of nitrogens with zero attached hydrogens (tertiary/aromatic N) is 3. The van der Waals surface area contributed by atoms with E-state index in [0.29, 0.717) is 31.5 Å². The number of carbonyl (C=O) groups excluding carboxylic acids is 10. The van der Waals surface area contributed by atoms with E-state index in [1.165, 1.54) is 24.8 Å². The van der Waals surface area contributed by atoms with Gasteiger partial charge in [-0.05, 0) is 101 Å². The summed E-state index contributed by atoms with van der Waals surface area (Å²) in [6, 6.07) is 11.1. The van der Waals surface area contributed by atoms with Crippen molar-refractivity contribution >= 4 is 132 Å². The number of nitrogens with one attached hydrogen (secondary N) is 10. The van der Waals surface area contributed by atoms with Gasteiger partial charge in [0.25, 0.3) is 10.1 Å². The number of fused-ring (bicyclic) bond motifs is 7. The van der Waals surface area contributed by atoms with Crippen molar-refractivity contribution in [2.75, 3.05) is 94.1 Å². The number of anilines is 1. The second-order valence-corrected chi connectivity index (χ2v) is 33.1. The molecular weight excluding hydrogens is 1520 g/mol. The molecule has 2 bridgehead atoms. The van der Waals surface area contributed by atoms with E-state index in [2.05, 4.69) is 99.7 Å². The average molecular weight is 1630 g/mol. The molecule has 4 aliphatic heterocycles. The van der Waals surface area contributed by atoms with Crippen molar-refractivity contribution in [2.45, 2.75) is 163 Å². The number of guanidine groups is 1. The Kier molecular flexibility index (Phi) is 35.5. The van der Waals surface area contributed by atoms with E-state index in [1.54, 1.807) is 36.4 Å². The smallest absolute Gasteiger partial charge is 0.305 e. The highest BCUT2D eigenvalue weighted by Crippen LogP contribution is 2.48. The molecule has 3 aromatic carbocycles. The molecule has 2 fully saturated rings. The summed E-state index contributed by atoms with van der Waals surface area (Å²) in [6.07, 6.45) is 11.9. The number of hydrogen-bond donors (Lipinski definition) is 14. The number of ether oxygens (including phenoxy) is 2. The van der Waals surface area contributed by atoms with Crippen molar-refractivity contribution in [3.05, 3.63) is 126 Å².